The maximum Gasteiger partial charge on any atom is 0.255 e. The molecule has 3 aromatic rings. The quantitative estimate of drug-likeness (QED) is 0.351. The van der Waals surface area contributed by atoms with Crippen LogP contribution in [0.3, 0.4) is 0 Å². The van der Waals surface area contributed by atoms with Gasteiger partial charge in [0.25, 0.3) is 5.91 Å². The molecule has 0 unspecified atom stereocenters. The number of halogens is 1. The van der Waals surface area contributed by atoms with Crippen LogP contribution in [-0.4, -0.2) is 45.6 Å². The van der Waals surface area contributed by atoms with Gasteiger partial charge in [-0.05, 0) is 35.4 Å². The molecule has 3 aromatic carbocycles. The largest absolute Gasteiger partial charge is 0.493 e. The first-order chi connectivity index (χ1) is 16.3. The summed E-state index contributed by atoms with van der Waals surface area (Å²) in [5, 5.41) is 3.83. The summed E-state index contributed by atoms with van der Waals surface area (Å²) in [5.74, 6) is -0.406. The predicted molar refractivity (Wildman–Crippen MR) is 126 cm³/mol. The van der Waals surface area contributed by atoms with Crippen molar-refractivity contribution in [2.75, 3.05) is 20.8 Å². The summed E-state index contributed by atoms with van der Waals surface area (Å²) in [7, 11) is -1.24. The average molecular weight is 486 g/mol. The lowest BCUT2D eigenvalue weighted by atomic mass is 10.2. The lowest BCUT2D eigenvalue weighted by Gasteiger charge is -2.22. The molecule has 8 nitrogen and oxygen atoms in total. The van der Waals surface area contributed by atoms with Crippen molar-refractivity contribution in [2.24, 2.45) is 5.10 Å². The molecule has 0 aromatic heterocycles. The van der Waals surface area contributed by atoms with Gasteiger partial charge in [0, 0.05) is 12.6 Å². The summed E-state index contributed by atoms with van der Waals surface area (Å²) in [6.07, 6.45) is 1.34. The standard InChI is InChI=1S/C24H24FN3O5S/c1-32-22-13-12-21(14-23(22)33-2)34(30,31)28(16-19-6-4-3-5-7-19)17-24(29)27-26-15-18-8-10-20(25)11-9-18/h3-15H,16-17H2,1-2H3,(H,27,29)/b26-15-. The van der Waals surface area contributed by atoms with Gasteiger partial charge in [0.2, 0.25) is 10.0 Å². The van der Waals surface area contributed by atoms with Crippen LogP contribution >= 0.6 is 0 Å². The van der Waals surface area contributed by atoms with E-state index < -0.39 is 28.3 Å². The Hall–Kier alpha value is -3.76. The number of benzene rings is 3. The number of methoxy groups -OCH3 is 2. The van der Waals surface area contributed by atoms with Gasteiger partial charge in [0.1, 0.15) is 5.82 Å². The van der Waals surface area contributed by atoms with Gasteiger partial charge in [-0.25, -0.2) is 18.2 Å². The lowest BCUT2D eigenvalue weighted by molar-refractivity contribution is -0.121. The van der Waals surface area contributed by atoms with Gasteiger partial charge in [-0.1, -0.05) is 42.5 Å². The minimum atomic E-state index is -4.09. The number of amides is 1. The molecule has 0 aliphatic heterocycles. The van der Waals surface area contributed by atoms with Crippen LogP contribution in [0.4, 0.5) is 4.39 Å². The Balaban J connectivity index is 1.83. The molecule has 0 heterocycles. The van der Waals surface area contributed by atoms with Gasteiger partial charge >= 0.3 is 0 Å². The molecule has 0 saturated carbocycles. The van der Waals surface area contributed by atoms with E-state index in [9.17, 15) is 17.6 Å². The van der Waals surface area contributed by atoms with Gasteiger partial charge in [-0.2, -0.15) is 9.41 Å². The number of nitrogens with zero attached hydrogens (tertiary/aromatic N) is 2. The van der Waals surface area contributed by atoms with Crippen LogP contribution in [0.25, 0.3) is 0 Å². The minimum absolute atomic E-state index is 0.0351. The molecule has 10 heteroatoms. The van der Waals surface area contributed by atoms with E-state index in [-0.39, 0.29) is 17.2 Å². The van der Waals surface area contributed by atoms with Crippen molar-refractivity contribution in [3.05, 3.63) is 89.7 Å². The molecule has 0 aliphatic carbocycles. The highest BCUT2D eigenvalue weighted by Gasteiger charge is 2.28. The Morgan fingerprint density at radius 1 is 1.00 bits per heavy atom. The van der Waals surface area contributed by atoms with Gasteiger partial charge in [0.05, 0.1) is 31.9 Å². The molecule has 178 valence electrons. The third-order valence-corrected chi connectivity index (χ3v) is 6.58. The van der Waals surface area contributed by atoms with Gasteiger partial charge in [0.15, 0.2) is 11.5 Å². The number of carbonyl (C=O) groups is 1. The molecule has 0 atom stereocenters. The molecule has 0 spiro atoms. The van der Waals surface area contributed by atoms with Crippen molar-refractivity contribution in [1.29, 1.82) is 0 Å². The molecule has 1 N–H and O–H groups in total. The van der Waals surface area contributed by atoms with Crippen LogP contribution in [0, 0.1) is 5.82 Å². The molecule has 0 bridgehead atoms. The molecule has 0 aliphatic rings. The van der Waals surface area contributed by atoms with Crippen LogP contribution in [0.5, 0.6) is 11.5 Å². The number of carbonyl (C=O) groups excluding carboxylic acids is 1. The molecular formula is C24H24FN3O5S. The summed E-state index contributed by atoms with van der Waals surface area (Å²) in [6.45, 7) is -0.515. The van der Waals surface area contributed by atoms with E-state index in [0.29, 0.717) is 16.9 Å². The monoisotopic (exact) mass is 485 g/mol. The fourth-order valence-corrected chi connectivity index (χ4v) is 4.46. The molecule has 34 heavy (non-hydrogen) atoms. The van der Waals surface area contributed by atoms with Crippen LogP contribution in [0.15, 0.2) is 82.8 Å². The second-order valence-corrected chi connectivity index (χ2v) is 9.06. The summed E-state index contributed by atoms with van der Waals surface area (Å²) < 4.78 is 51.3. The van der Waals surface area contributed by atoms with Crippen LogP contribution < -0.4 is 14.9 Å². The van der Waals surface area contributed by atoms with Gasteiger partial charge in [-0.15, -0.1) is 0 Å². The number of hydrazone groups is 1. The van der Waals surface area contributed by atoms with E-state index in [1.807, 2.05) is 6.07 Å². The zero-order valence-corrected chi connectivity index (χ0v) is 19.5. The second-order valence-electron chi connectivity index (χ2n) is 7.12. The van der Waals surface area contributed by atoms with E-state index in [2.05, 4.69) is 10.5 Å². The maximum absolute atomic E-state index is 13.4. The number of hydrogen-bond donors (Lipinski definition) is 1. The Kier molecular flexibility index (Phi) is 8.34. The maximum atomic E-state index is 13.4. The third-order valence-electron chi connectivity index (χ3n) is 4.79. The van der Waals surface area contributed by atoms with Gasteiger partial charge in [-0.3, -0.25) is 4.79 Å². The van der Waals surface area contributed by atoms with Crippen molar-refractivity contribution < 1.29 is 27.1 Å². The van der Waals surface area contributed by atoms with Crippen molar-refractivity contribution in [1.82, 2.24) is 9.73 Å². The Morgan fingerprint density at radius 2 is 1.68 bits per heavy atom. The summed E-state index contributed by atoms with van der Waals surface area (Å²) in [5.41, 5.74) is 3.59. The van der Waals surface area contributed by atoms with E-state index in [1.165, 1.54) is 62.9 Å². The normalized spacial score (nSPS) is 11.5. The van der Waals surface area contributed by atoms with Gasteiger partial charge < -0.3 is 9.47 Å². The van der Waals surface area contributed by atoms with E-state index in [0.717, 1.165) is 4.31 Å². The molecule has 0 fully saturated rings. The Labute approximate surface area is 197 Å². The Bertz CT molecular complexity index is 1250. The highest BCUT2D eigenvalue weighted by atomic mass is 32.2. The summed E-state index contributed by atoms with van der Waals surface area (Å²) in [4.78, 5) is 12.5. The SMILES string of the molecule is COc1ccc(S(=O)(=O)N(CC(=O)N/N=C\c2ccc(F)cc2)Cc2ccccc2)cc1OC. The third kappa shape index (κ3) is 6.40. The van der Waals surface area contributed by atoms with E-state index >= 15 is 0 Å². The fourth-order valence-electron chi connectivity index (χ4n) is 3.06. The van der Waals surface area contributed by atoms with Crippen LogP contribution in [0.2, 0.25) is 0 Å². The van der Waals surface area contributed by atoms with Crippen molar-refractivity contribution in [2.45, 2.75) is 11.4 Å². The fraction of sp³-hybridized carbons (Fsp3) is 0.167. The highest BCUT2D eigenvalue weighted by Crippen LogP contribution is 2.31. The zero-order valence-electron chi connectivity index (χ0n) is 18.6. The van der Waals surface area contributed by atoms with Crippen molar-refractivity contribution in [3.63, 3.8) is 0 Å². The predicted octanol–water partition coefficient (Wildman–Crippen LogP) is 3.18. The molecule has 0 radical (unpaired) electrons. The number of rotatable bonds is 10. The summed E-state index contributed by atoms with van der Waals surface area (Å²) in [6, 6.07) is 18.6. The number of sulfonamides is 1. The molecule has 0 saturated heterocycles. The average Bonchev–Trinajstić information content (AvgIpc) is 2.85. The Morgan fingerprint density at radius 3 is 2.32 bits per heavy atom. The summed E-state index contributed by atoms with van der Waals surface area (Å²) >= 11 is 0. The number of nitrogens with one attached hydrogen (secondary N) is 1. The first-order valence-corrected chi connectivity index (χ1v) is 11.6. The van der Waals surface area contributed by atoms with Crippen LogP contribution in [-0.2, 0) is 21.4 Å². The lowest BCUT2D eigenvalue weighted by Crippen LogP contribution is -2.39. The smallest absolute Gasteiger partial charge is 0.255 e. The zero-order chi connectivity index (χ0) is 24.6. The number of ether oxygens (including phenoxy) is 2. The first-order valence-electron chi connectivity index (χ1n) is 10.2. The molecule has 1 amide bonds. The van der Waals surface area contributed by atoms with Crippen LogP contribution in [0.1, 0.15) is 11.1 Å². The highest BCUT2D eigenvalue weighted by molar-refractivity contribution is 7.89. The van der Waals surface area contributed by atoms with Crippen molar-refractivity contribution in [3.8, 4) is 11.5 Å². The molecule has 3 rings (SSSR count). The van der Waals surface area contributed by atoms with Crippen molar-refractivity contribution >= 4 is 22.1 Å². The minimum Gasteiger partial charge on any atom is -0.493 e. The second kappa shape index (κ2) is 11.4. The van der Waals surface area contributed by atoms with E-state index in [4.69, 9.17) is 9.47 Å². The topological polar surface area (TPSA) is 97.3 Å². The van der Waals surface area contributed by atoms with E-state index in [1.54, 1.807) is 24.3 Å². The molecular weight excluding hydrogens is 461 g/mol. The number of hydrogen-bond acceptors (Lipinski definition) is 6. The first kappa shape index (κ1) is 24.9.